The minimum Gasteiger partial charge on any atom is -0.451 e. The van der Waals surface area contributed by atoms with Crippen molar-refractivity contribution in [3.63, 3.8) is 0 Å². The predicted octanol–water partition coefficient (Wildman–Crippen LogP) is 1.49. The summed E-state index contributed by atoms with van der Waals surface area (Å²) in [6.45, 7) is 7.05. The smallest absolute Gasteiger partial charge is 0.330 e. The summed E-state index contributed by atoms with van der Waals surface area (Å²) in [5, 5.41) is 0. The van der Waals surface area contributed by atoms with Gasteiger partial charge in [0.25, 0.3) is 17.7 Å². The Labute approximate surface area is 169 Å². The van der Waals surface area contributed by atoms with Gasteiger partial charge in [-0.15, -0.1) is 0 Å². The van der Waals surface area contributed by atoms with Gasteiger partial charge in [0.05, 0.1) is 24.3 Å². The highest BCUT2D eigenvalue weighted by molar-refractivity contribution is 6.22. The highest BCUT2D eigenvalue weighted by atomic mass is 16.5. The number of fused-ring (bicyclic) bond motifs is 1. The van der Waals surface area contributed by atoms with Crippen LogP contribution in [0.1, 0.15) is 47.9 Å². The van der Waals surface area contributed by atoms with Gasteiger partial charge in [0, 0.05) is 13.1 Å². The van der Waals surface area contributed by atoms with E-state index in [4.69, 9.17) is 9.47 Å². The first kappa shape index (κ1) is 21.0. The van der Waals surface area contributed by atoms with Crippen molar-refractivity contribution in [2.45, 2.75) is 39.3 Å². The second kappa shape index (κ2) is 8.73. The van der Waals surface area contributed by atoms with Crippen molar-refractivity contribution in [2.24, 2.45) is 5.92 Å². The summed E-state index contributed by atoms with van der Waals surface area (Å²) in [7, 11) is 0. The molecule has 0 aromatic heterocycles. The van der Waals surface area contributed by atoms with Crippen LogP contribution in [0.15, 0.2) is 24.3 Å². The van der Waals surface area contributed by atoms with Crippen LogP contribution < -0.4 is 0 Å². The Kier molecular flexibility index (Phi) is 6.32. The summed E-state index contributed by atoms with van der Waals surface area (Å²) >= 11 is 0. The van der Waals surface area contributed by atoms with Crippen molar-refractivity contribution in [1.29, 1.82) is 0 Å². The lowest BCUT2D eigenvalue weighted by Crippen LogP contribution is -2.50. The van der Waals surface area contributed by atoms with Crippen molar-refractivity contribution in [1.82, 2.24) is 9.80 Å². The number of rotatable bonds is 6. The Bertz CT molecular complexity index is 780. The van der Waals surface area contributed by atoms with Gasteiger partial charge < -0.3 is 14.4 Å². The molecule has 1 aromatic rings. The maximum absolute atomic E-state index is 12.9. The van der Waals surface area contributed by atoms with Gasteiger partial charge in [-0.3, -0.25) is 19.3 Å². The first-order chi connectivity index (χ1) is 13.8. The zero-order valence-electron chi connectivity index (χ0n) is 16.9. The molecule has 0 spiro atoms. The lowest BCUT2D eigenvalue weighted by Gasteiger charge is -2.31. The zero-order valence-corrected chi connectivity index (χ0v) is 16.9. The molecule has 0 saturated carbocycles. The number of ether oxygens (including phenoxy) is 2. The lowest BCUT2D eigenvalue weighted by molar-refractivity contribution is -0.164. The number of nitrogens with zero attached hydrogens (tertiary/aromatic N) is 2. The molecule has 2 aliphatic rings. The van der Waals surface area contributed by atoms with Gasteiger partial charge in [-0.25, -0.2) is 4.79 Å². The van der Waals surface area contributed by atoms with Crippen molar-refractivity contribution in [3.8, 4) is 0 Å². The van der Waals surface area contributed by atoms with Crippen LogP contribution in [0.3, 0.4) is 0 Å². The average Bonchev–Trinajstić information content (AvgIpc) is 2.96. The van der Waals surface area contributed by atoms with Crippen LogP contribution >= 0.6 is 0 Å². The Morgan fingerprint density at radius 1 is 1.03 bits per heavy atom. The molecule has 3 rings (SSSR count). The number of morpholine rings is 1. The lowest BCUT2D eigenvalue weighted by atomic mass is 10.0. The molecular formula is C21H26N2O6. The summed E-state index contributed by atoms with van der Waals surface area (Å²) in [6, 6.07) is 5.40. The molecule has 3 amide bonds. The Hall–Kier alpha value is -2.74. The van der Waals surface area contributed by atoms with E-state index in [2.05, 4.69) is 0 Å². The Balaban J connectivity index is 1.76. The third-order valence-corrected chi connectivity index (χ3v) is 5.07. The molecule has 156 valence electrons. The zero-order chi connectivity index (χ0) is 21.1. The second-order valence-electron chi connectivity index (χ2n) is 7.69. The normalized spacial score (nSPS) is 18.6. The molecule has 2 heterocycles. The second-order valence-corrected chi connectivity index (χ2v) is 7.69. The third kappa shape index (κ3) is 4.32. The average molecular weight is 402 g/mol. The maximum Gasteiger partial charge on any atom is 0.330 e. The van der Waals surface area contributed by atoms with Crippen LogP contribution in [-0.2, 0) is 19.1 Å². The van der Waals surface area contributed by atoms with E-state index in [9.17, 15) is 19.2 Å². The monoisotopic (exact) mass is 402 g/mol. The number of carbonyl (C=O) groups is 4. The molecule has 1 saturated heterocycles. The van der Waals surface area contributed by atoms with Gasteiger partial charge >= 0.3 is 5.97 Å². The topological polar surface area (TPSA) is 93.2 Å². The highest BCUT2D eigenvalue weighted by Gasteiger charge is 2.44. The fourth-order valence-electron chi connectivity index (χ4n) is 3.59. The van der Waals surface area contributed by atoms with Crippen LogP contribution in [0, 0.1) is 5.92 Å². The van der Waals surface area contributed by atoms with Crippen LogP contribution in [0.2, 0.25) is 0 Å². The van der Waals surface area contributed by atoms with Gasteiger partial charge in [0.15, 0.2) is 6.10 Å². The number of carbonyl (C=O) groups excluding carboxylic acids is 4. The minimum atomic E-state index is -1.08. The van der Waals surface area contributed by atoms with E-state index in [1.54, 1.807) is 29.2 Å². The van der Waals surface area contributed by atoms with Crippen molar-refractivity contribution in [3.05, 3.63) is 35.4 Å². The molecule has 0 radical (unpaired) electrons. The largest absolute Gasteiger partial charge is 0.451 e. The van der Waals surface area contributed by atoms with Crippen molar-refractivity contribution in [2.75, 3.05) is 26.3 Å². The minimum absolute atomic E-state index is 0.0297. The third-order valence-electron chi connectivity index (χ3n) is 5.07. The summed E-state index contributed by atoms with van der Waals surface area (Å²) in [4.78, 5) is 53.7. The molecule has 8 nitrogen and oxygen atoms in total. The molecular weight excluding hydrogens is 376 g/mol. The van der Waals surface area contributed by atoms with Gasteiger partial charge in [0.2, 0.25) is 0 Å². The highest BCUT2D eigenvalue weighted by Crippen LogP contribution is 2.27. The molecule has 0 N–H and O–H groups in total. The predicted molar refractivity (Wildman–Crippen MR) is 103 cm³/mol. The maximum atomic E-state index is 12.9. The summed E-state index contributed by atoms with van der Waals surface area (Å²) in [6.07, 6.45) is -0.756. The molecule has 1 aromatic carbocycles. The molecule has 29 heavy (non-hydrogen) atoms. The van der Waals surface area contributed by atoms with Crippen molar-refractivity contribution < 1.29 is 28.7 Å². The van der Waals surface area contributed by atoms with Gasteiger partial charge in [-0.1, -0.05) is 26.0 Å². The van der Waals surface area contributed by atoms with E-state index in [1.165, 1.54) is 6.92 Å². The number of hydrogen-bond acceptors (Lipinski definition) is 6. The van der Waals surface area contributed by atoms with Gasteiger partial charge in [-0.05, 0) is 31.4 Å². The molecule has 2 aliphatic heterocycles. The summed E-state index contributed by atoms with van der Waals surface area (Å²) in [5.74, 6) is -2.06. The van der Waals surface area contributed by atoms with E-state index in [0.29, 0.717) is 26.3 Å². The van der Waals surface area contributed by atoms with Crippen LogP contribution in [0.5, 0.6) is 0 Å². The fraction of sp³-hybridized carbons (Fsp3) is 0.524. The van der Waals surface area contributed by atoms with E-state index < -0.39 is 29.9 Å². The molecule has 0 bridgehead atoms. The van der Waals surface area contributed by atoms with Crippen LogP contribution in [0.4, 0.5) is 0 Å². The number of esters is 1. The molecule has 0 aliphatic carbocycles. The van der Waals surface area contributed by atoms with Crippen LogP contribution in [-0.4, -0.2) is 71.9 Å². The van der Waals surface area contributed by atoms with E-state index in [-0.39, 0.29) is 29.4 Å². The standard InChI is InChI=1S/C21H26N2O6/c1-13(2)12-17(23-19(25)15-6-4-5-7-16(15)20(23)26)21(27)29-14(3)18(24)22-8-10-28-11-9-22/h4-7,13-14,17H,8-12H2,1-3H3. The van der Waals surface area contributed by atoms with Crippen LogP contribution in [0.25, 0.3) is 0 Å². The quantitative estimate of drug-likeness (QED) is 0.529. The summed E-state index contributed by atoms with van der Waals surface area (Å²) < 4.78 is 10.7. The molecule has 2 unspecified atom stereocenters. The van der Waals surface area contributed by atoms with Crippen molar-refractivity contribution >= 4 is 23.7 Å². The number of imide groups is 1. The Morgan fingerprint density at radius 3 is 2.10 bits per heavy atom. The molecule has 2 atom stereocenters. The SMILES string of the molecule is CC(C)CC(C(=O)OC(C)C(=O)N1CCOCC1)N1C(=O)c2ccccc2C1=O. The van der Waals surface area contributed by atoms with Gasteiger partial charge in [0.1, 0.15) is 6.04 Å². The van der Waals surface area contributed by atoms with E-state index in [0.717, 1.165) is 4.90 Å². The summed E-state index contributed by atoms with van der Waals surface area (Å²) in [5.41, 5.74) is 0.549. The fourth-order valence-corrected chi connectivity index (χ4v) is 3.59. The number of hydrogen-bond donors (Lipinski definition) is 0. The number of benzene rings is 1. The first-order valence-electron chi connectivity index (χ1n) is 9.85. The van der Waals surface area contributed by atoms with E-state index in [1.807, 2.05) is 13.8 Å². The van der Waals surface area contributed by atoms with E-state index >= 15 is 0 Å². The molecule has 1 fully saturated rings. The van der Waals surface area contributed by atoms with Gasteiger partial charge in [-0.2, -0.15) is 0 Å². The number of amides is 3. The first-order valence-corrected chi connectivity index (χ1v) is 9.85. The molecule has 8 heteroatoms. The Morgan fingerprint density at radius 2 is 1.59 bits per heavy atom.